The maximum atomic E-state index is 5.69. The molecule has 0 amide bonds. The summed E-state index contributed by atoms with van der Waals surface area (Å²) in [5.41, 5.74) is 5.69. The number of nitrogens with zero attached hydrogens (tertiary/aromatic N) is 6. The number of thiazole rings is 1. The molecule has 0 bridgehead atoms. The summed E-state index contributed by atoms with van der Waals surface area (Å²) in [5.74, 6) is 0.989. The number of aromatic nitrogens is 6. The Kier molecular flexibility index (Phi) is 3.25. The molecule has 3 heterocycles. The topological polar surface area (TPSA) is 107 Å². The van der Waals surface area contributed by atoms with Crippen LogP contribution in [0.3, 0.4) is 0 Å². The SMILES string of the molecule is Cc1cnc(CNc2nc(N)nc(-n3ccnc3)n2)s1. The molecule has 0 fully saturated rings. The second kappa shape index (κ2) is 5.21. The molecule has 8 nitrogen and oxygen atoms in total. The summed E-state index contributed by atoms with van der Waals surface area (Å²) in [6, 6.07) is 0. The third-order valence-corrected chi connectivity index (χ3v) is 3.36. The van der Waals surface area contributed by atoms with Crippen LogP contribution in [0.1, 0.15) is 9.88 Å². The van der Waals surface area contributed by atoms with Gasteiger partial charge in [0.05, 0.1) is 6.54 Å². The molecule has 0 saturated heterocycles. The summed E-state index contributed by atoms with van der Waals surface area (Å²) in [6.07, 6.45) is 6.82. The van der Waals surface area contributed by atoms with Crippen LogP contribution in [0.2, 0.25) is 0 Å². The van der Waals surface area contributed by atoms with Gasteiger partial charge in [-0.2, -0.15) is 15.0 Å². The maximum absolute atomic E-state index is 5.69. The molecule has 0 aromatic carbocycles. The van der Waals surface area contributed by atoms with Gasteiger partial charge < -0.3 is 11.1 Å². The first-order chi connectivity index (χ1) is 9.70. The molecule has 3 rings (SSSR count). The van der Waals surface area contributed by atoms with Crippen molar-refractivity contribution in [1.29, 1.82) is 0 Å². The highest BCUT2D eigenvalue weighted by Crippen LogP contribution is 2.13. The minimum absolute atomic E-state index is 0.154. The third kappa shape index (κ3) is 2.72. The molecular weight excluding hydrogens is 276 g/mol. The fraction of sp³-hybridized carbons (Fsp3) is 0.182. The zero-order valence-corrected chi connectivity index (χ0v) is 11.5. The van der Waals surface area contributed by atoms with Crippen molar-refractivity contribution >= 4 is 23.2 Å². The molecule has 102 valence electrons. The molecule has 0 aliphatic heterocycles. The third-order valence-electron chi connectivity index (χ3n) is 2.44. The predicted molar refractivity (Wildman–Crippen MR) is 75.5 cm³/mol. The molecule has 0 spiro atoms. The lowest BCUT2D eigenvalue weighted by atomic mass is 10.6. The largest absolute Gasteiger partial charge is 0.368 e. The highest BCUT2D eigenvalue weighted by molar-refractivity contribution is 7.11. The van der Waals surface area contributed by atoms with E-state index in [4.69, 9.17) is 5.73 Å². The van der Waals surface area contributed by atoms with Gasteiger partial charge >= 0.3 is 0 Å². The predicted octanol–water partition coefficient (Wildman–Crippen LogP) is 1.02. The summed E-state index contributed by atoms with van der Waals surface area (Å²) in [7, 11) is 0. The van der Waals surface area contributed by atoms with Crippen LogP contribution in [0.15, 0.2) is 24.9 Å². The van der Waals surface area contributed by atoms with Crippen molar-refractivity contribution in [1.82, 2.24) is 29.5 Å². The minimum atomic E-state index is 0.154. The molecule has 0 saturated carbocycles. The summed E-state index contributed by atoms with van der Waals surface area (Å²) in [6.45, 7) is 2.56. The Morgan fingerprint density at radius 3 is 2.95 bits per heavy atom. The molecule has 3 N–H and O–H groups in total. The number of rotatable bonds is 4. The van der Waals surface area contributed by atoms with E-state index >= 15 is 0 Å². The summed E-state index contributed by atoms with van der Waals surface area (Å²) < 4.78 is 1.66. The van der Waals surface area contributed by atoms with Crippen LogP contribution in [0.4, 0.5) is 11.9 Å². The molecule has 20 heavy (non-hydrogen) atoms. The van der Waals surface area contributed by atoms with E-state index in [1.54, 1.807) is 34.6 Å². The zero-order chi connectivity index (χ0) is 13.9. The molecule has 3 aromatic rings. The zero-order valence-electron chi connectivity index (χ0n) is 10.7. The number of anilines is 2. The summed E-state index contributed by atoms with van der Waals surface area (Å²) in [5, 5.41) is 4.05. The quantitative estimate of drug-likeness (QED) is 0.737. The Morgan fingerprint density at radius 2 is 2.25 bits per heavy atom. The van der Waals surface area contributed by atoms with E-state index in [1.165, 1.54) is 0 Å². The Morgan fingerprint density at radius 1 is 1.35 bits per heavy atom. The molecular formula is C11H12N8S. The molecule has 0 aliphatic rings. The first-order valence-corrected chi connectivity index (χ1v) is 6.67. The normalized spacial score (nSPS) is 10.7. The Bertz CT molecular complexity index is 705. The Hall–Kier alpha value is -2.55. The van der Waals surface area contributed by atoms with Crippen LogP contribution in [-0.2, 0) is 6.54 Å². The first-order valence-electron chi connectivity index (χ1n) is 5.86. The van der Waals surface area contributed by atoms with E-state index in [2.05, 4.69) is 30.2 Å². The molecule has 0 atom stereocenters. The smallest absolute Gasteiger partial charge is 0.241 e. The molecule has 0 unspecified atom stereocenters. The first kappa shape index (κ1) is 12.5. The molecule has 9 heteroatoms. The second-order valence-electron chi connectivity index (χ2n) is 4.01. The van der Waals surface area contributed by atoms with E-state index in [1.807, 2.05) is 13.1 Å². The number of hydrogen-bond acceptors (Lipinski definition) is 8. The number of nitrogens with two attached hydrogens (primary N) is 1. The van der Waals surface area contributed by atoms with E-state index in [0.717, 1.165) is 9.88 Å². The van der Waals surface area contributed by atoms with Crippen LogP contribution in [-0.4, -0.2) is 29.5 Å². The monoisotopic (exact) mass is 288 g/mol. The summed E-state index contributed by atoms with van der Waals surface area (Å²) >= 11 is 1.62. The molecule has 0 aliphatic carbocycles. The van der Waals surface area contributed by atoms with Crippen LogP contribution in [0, 0.1) is 6.92 Å². The fourth-order valence-electron chi connectivity index (χ4n) is 1.59. The average Bonchev–Trinajstić information content (AvgIpc) is 3.07. The average molecular weight is 288 g/mol. The van der Waals surface area contributed by atoms with Gasteiger partial charge in [0.2, 0.25) is 17.8 Å². The van der Waals surface area contributed by atoms with Crippen molar-refractivity contribution in [3.05, 3.63) is 34.8 Å². The number of nitrogens with one attached hydrogen (secondary N) is 1. The Labute approximate surface area is 118 Å². The lowest BCUT2D eigenvalue weighted by molar-refractivity contribution is 0.894. The van der Waals surface area contributed by atoms with E-state index < -0.39 is 0 Å². The molecule has 0 radical (unpaired) electrons. The minimum Gasteiger partial charge on any atom is -0.368 e. The van der Waals surface area contributed by atoms with Gasteiger partial charge in [-0.1, -0.05) is 0 Å². The lowest BCUT2D eigenvalue weighted by Gasteiger charge is -2.06. The van der Waals surface area contributed by atoms with Crippen LogP contribution in [0.5, 0.6) is 0 Å². The second-order valence-corrected chi connectivity index (χ2v) is 5.32. The number of nitrogen functional groups attached to an aromatic ring is 1. The van der Waals surface area contributed by atoms with Gasteiger partial charge in [0.25, 0.3) is 0 Å². The van der Waals surface area contributed by atoms with Crippen molar-refractivity contribution in [2.45, 2.75) is 13.5 Å². The van der Waals surface area contributed by atoms with Crippen molar-refractivity contribution in [2.24, 2.45) is 0 Å². The van der Waals surface area contributed by atoms with E-state index in [-0.39, 0.29) is 5.95 Å². The number of aryl methyl sites for hydroxylation is 1. The van der Waals surface area contributed by atoms with Gasteiger partial charge in [-0.25, -0.2) is 9.97 Å². The Balaban J connectivity index is 1.79. The molecule has 3 aromatic heterocycles. The van der Waals surface area contributed by atoms with Gasteiger partial charge in [-0.05, 0) is 6.92 Å². The van der Waals surface area contributed by atoms with E-state index in [0.29, 0.717) is 18.4 Å². The fourth-order valence-corrected chi connectivity index (χ4v) is 2.32. The highest BCUT2D eigenvalue weighted by atomic mass is 32.1. The van der Waals surface area contributed by atoms with Gasteiger partial charge in [0.15, 0.2) is 0 Å². The van der Waals surface area contributed by atoms with Crippen molar-refractivity contribution in [2.75, 3.05) is 11.1 Å². The van der Waals surface area contributed by atoms with Gasteiger partial charge in [-0.15, -0.1) is 11.3 Å². The summed E-state index contributed by atoms with van der Waals surface area (Å²) in [4.78, 5) is 21.8. The maximum Gasteiger partial charge on any atom is 0.241 e. The van der Waals surface area contributed by atoms with Crippen molar-refractivity contribution in [3.8, 4) is 5.95 Å². The highest BCUT2D eigenvalue weighted by Gasteiger charge is 2.06. The van der Waals surface area contributed by atoms with Crippen LogP contribution < -0.4 is 11.1 Å². The standard InChI is InChI=1S/C11H12N8S/c1-7-4-14-8(20-7)5-15-10-16-9(12)17-11(18-10)19-3-2-13-6-19/h2-4,6H,5H2,1H3,(H3,12,15,16,17,18). The van der Waals surface area contributed by atoms with Gasteiger partial charge in [-0.3, -0.25) is 4.57 Å². The van der Waals surface area contributed by atoms with E-state index in [9.17, 15) is 0 Å². The number of hydrogen-bond donors (Lipinski definition) is 2. The van der Waals surface area contributed by atoms with Gasteiger partial charge in [0.1, 0.15) is 11.3 Å². The lowest BCUT2D eigenvalue weighted by Crippen LogP contribution is -2.10. The van der Waals surface area contributed by atoms with Crippen molar-refractivity contribution in [3.63, 3.8) is 0 Å². The van der Waals surface area contributed by atoms with Crippen LogP contribution >= 0.6 is 11.3 Å². The van der Waals surface area contributed by atoms with Crippen molar-refractivity contribution < 1.29 is 0 Å². The van der Waals surface area contributed by atoms with Gasteiger partial charge in [0, 0.05) is 23.5 Å². The van der Waals surface area contributed by atoms with Crippen LogP contribution in [0.25, 0.3) is 5.95 Å². The number of imidazole rings is 1.